The van der Waals surface area contributed by atoms with Gasteiger partial charge in [0.05, 0.1) is 0 Å². The lowest BCUT2D eigenvalue weighted by molar-refractivity contribution is 0.0764. The summed E-state index contributed by atoms with van der Waals surface area (Å²) in [5.74, 6) is 2.96. The van der Waals surface area contributed by atoms with Gasteiger partial charge in [-0.1, -0.05) is 13.8 Å². The van der Waals surface area contributed by atoms with Crippen molar-refractivity contribution >= 4 is 17.7 Å². The van der Waals surface area contributed by atoms with E-state index in [1.54, 1.807) is 0 Å². The Morgan fingerprint density at radius 1 is 1.36 bits per heavy atom. The molecule has 0 radical (unpaired) electrons. The largest absolute Gasteiger partial charge is 0.336 e. The van der Waals surface area contributed by atoms with Crippen LogP contribution in [-0.4, -0.2) is 57.8 Å². The number of thioether (sulfide) groups is 1. The van der Waals surface area contributed by atoms with E-state index in [2.05, 4.69) is 30.8 Å². The Bertz CT molecular complexity index is 592. The van der Waals surface area contributed by atoms with Gasteiger partial charge < -0.3 is 10.2 Å². The van der Waals surface area contributed by atoms with Gasteiger partial charge in [0.1, 0.15) is 0 Å². The lowest BCUT2D eigenvalue weighted by Gasteiger charge is -2.27. The smallest absolute Gasteiger partial charge is 0.274 e. The topological polar surface area (TPSA) is 50.2 Å². The van der Waals surface area contributed by atoms with E-state index in [9.17, 15) is 4.79 Å². The third-order valence-corrected chi connectivity index (χ3v) is 6.24. The zero-order valence-electron chi connectivity index (χ0n) is 15.9. The van der Waals surface area contributed by atoms with Crippen molar-refractivity contribution in [1.29, 1.82) is 0 Å². The van der Waals surface area contributed by atoms with Gasteiger partial charge in [-0.2, -0.15) is 16.9 Å². The third kappa shape index (κ3) is 4.40. The minimum absolute atomic E-state index is 0.145. The van der Waals surface area contributed by atoms with E-state index in [-0.39, 0.29) is 5.91 Å². The second-order valence-electron chi connectivity index (χ2n) is 7.57. The lowest BCUT2D eigenvalue weighted by atomic mass is 9.90. The van der Waals surface area contributed by atoms with Crippen molar-refractivity contribution in [2.24, 2.45) is 5.92 Å². The molecule has 6 heteroatoms. The fourth-order valence-electron chi connectivity index (χ4n) is 3.79. The summed E-state index contributed by atoms with van der Waals surface area (Å²) in [7, 11) is 0. The molecule has 0 aromatic carbocycles. The maximum Gasteiger partial charge on any atom is 0.274 e. The first-order valence-corrected chi connectivity index (χ1v) is 10.9. The van der Waals surface area contributed by atoms with Crippen LogP contribution in [0.3, 0.4) is 0 Å². The molecule has 3 rings (SSSR count). The fraction of sp³-hybridized carbons (Fsp3) is 0.789. The molecule has 1 aliphatic carbocycles. The molecule has 1 aromatic heterocycles. The standard InChI is InChI=1S/C19H32N4OS/c1-4-23-17-6-5-15(20-8-7-14(2)3)13-16(17)18(21-23)19(24)22-9-11-25-12-10-22/h14-15,20H,4-13H2,1-3H3. The molecule has 1 aromatic rings. The van der Waals surface area contributed by atoms with Gasteiger partial charge >= 0.3 is 0 Å². The average molecular weight is 365 g/mol. The quantitative estimate of drug-likeness (QED) is 0.843. The molecule has 0 bridgehead atoms. The average Bonchev–Trinajstić information content (AvgIpc) is 2.99. The third-order valence-electron chi connectivity index (χ3n) is 5.30. The van der Waals surface area contributed by atoms with Crippen LogP contribution in [0.5, 0.6) is 0 Å². The number of amides is 1. The van der Waals surface area contributed by atoms with Crippen molar-refractivity contribution in [3.63, 3.8) is 0 Å². The van der Waals surface area contributed by atoms with Crippen molar-refractivity contribution in [3.05, 3.63) is 17.0 Å². The van der Waals surface area contributed by atoms with Crippen LogP contribution in [0.2, 0.25) is 0 Å². The number of aromatic nitrogens is 2. The highest BCUT2D eigenvalue weighted by atomic mass is 32.2. The van der Waals surface area contributed by atoms with E-state index in [0.29, 0.717) is 6.04 Å². The van der Waals surface area contributed by atoms with Gasteiger partial charge in [0, 0.05) is 48.4 Å². The van der Waals surface area contributed by atoms with Gasteiger partial charge in [0.15, 0.2) is 5.69 Å². The predicted molar refractivity (Wildman–Crippen MR) is 104 cm³/mol. The molecule has 1 fully saturated rings. The molecule has 140 valence electrons. The highest BCUT2D eigenvalue weighted by Gasteiger charge is 2.31. The zero-order chi connectivity index (χ0) is 17.8. The number of fused-ring (bicyclic) bond motifs is 1. The van der Waals surface area contributed by atoms with Gasteiger partial charge in [-0.05, 0) is 45.1 Å². The second kappa shape index (κ2) is 8.58. The predicted octanol–water partition coefficient (Wildman–Crippen LogP) is 2.59. The van der Waals surface area contributed by atoms with Crippen LogP contribution in [0.15, 0.2) is 0 Å². The van der Waals surface area contributed by atoms with Crippen LogP contribution in [-0.2, 0) is 19.4 Å². The lowest BCUT2D eigenvalue weighted by Crippen LogP contribution is -2.39. The van der Waals surface area contributed by atoms with E-state index >= 15 is 0 Å². The molecular weight excluding hydrogens is 332 g/mol. The number of hydrogen-bond donors (Lipinski definition) is 1. The summed E-state index contributed by atoms with van der Waals surface area (Å²) < 4.78 is 2.06. The number of hydrogen-bond acceptors (Lipinski definition) is 4. The Morgan fingerprint density at radius 3 is 2.80 bits per heavy atom. The molecule has 25 heavy (non-hydrogen) atoms. The van der Waals surface area contributed by atoms with Crippen molar-refractivity contribution in [2.75, 3.05) is 31.1 Å². The molecule has 1 aliphatic heterocycles. The molecule has 0 spiro atoms. The second-order valence-corrected chi connectivity index (χ2v) is 8.80. The Hall–Kier alpha value is -1.01. The van der Waals surface area contributed by atoms with Crippen LogP contribution < -0.4 is 5.32 Å². The molecule has 1 unspecified atom stereocenters. The summed E-state index contributed by atoms with van der Waals surface area (Å²) in [5.41, 5.74) is 3.22. The Morgan fingerprint density at radius 2 is 2.12 bits per heavy atom. The molecule has 1 atom stereocenters. The first kappa shape index (κ1) is 18.8. The molecule has 2 aliphatic rings. The van der Waals surface area contributed by atoms with Crippen LogP contribution in [0.1, 0.15) is 55.4 Å². The molecular formula is C19H32N4OS. The van der Waals surface area contributed by atoms with Crippen LogP contribution in [0, 0.1) is 5.92 Å². The Kier molecular flexibility index (Phi) is 6.44. The van der Waals surface area contributed by atoms with Crippen molar-refractivity contribution < 1.29 is 4.79 Å². The summed E-state index contributed by atoms with van der Waals surface area (Å²) in [6, 6.07) is 0.476. The molecule has 1 amide bonds. The van der Waals surface area contributed by atoms with Crippen LogP contribution in [0.25, 0.3) is 0 Å². The minimum atomic E-state index is 0.145. The number of carbonyl (C=O) groups excluding carboxylic acids is 1. The summed E-state index contributed by atoms with van der Waals surface area (Å²) in [6.07, 6.45) is 4.31. The number of aryl methyl sites for hydroxylation is 1. The van der Waals surface area contributed by atoms with Gasteiger partial charge in [-0.3, -0.25) is 9.48 Å². The van der Waals surface area contributed by atoms with Crippen molar-refractivity contribution in [3.8, 4) is 0 Å². The minimum Gasteiger partial charge on any atom is -0.336 e. The number of nitrogens with zero attached hydrogens (tertiary/aromatic N) is 3. The monoisotopic (exact) mass is 364 g/mol. The van der Waals surface area contributed by atoms with Gasteiger partial charge in [-0.15, -0.1) is 0 Å². The first-order chi connectivity index (χ1) is 12.1. The molecule has 5 nitrogen and oxygen atoms in total. The zero-order valence-corrected chi connectivity index (χ0v) is 16.7. The fourth-order valence-corrected chi connectivity index (χ4v) is 4.69. The highest BCUT2D eigenvalue weighted by molar-refractivity contribution is 7.99. The van der Waals surface area contributed by atoms with Gasteiger partial charge in [-0.25, -0.2) is 0 Å². The van der Waals surface area contributed by atoms with Crippen molar-refractivity contribution in [2.45, 2.75) is 59.0 Å². The Labute approximate surface area is 155 Å². The van der Waals surface area contributed by atoms with Gasteiger partial charge in [0.2, 0.25) is 0 Å². The summed E-state index contributed by atoms with van der Waals surface area (Å²) in [6.45, 7) is 10.3. The molecule has 1 saturated heterocycles. The maximum absolute atomic E-state index is 13.0. The number of rotatable bonds is 6. The van der Waals surface area contributed by atoms with E-state index in [1.807, 2.05) is 16.7 Å². The van der Waals surface area contributed by atoms with Crippen molar-refractivity contribution in [1.82, 2.24) is 20.0 Å². The molecule has 2 heterocycles. The maximum atomic E-state index is 13.0. The first-order valence-electron chi connectivity index (χ1n) is 9.79. The number of nitrogens with one attached hydrogen (secondary N) is 1. The normalized spacial score (nSPS) is 20.8. The highest BCUT2D eigenvalue weighted by Crippen LogP contribution is 2.26. The van der Waals surface area contributed by atoms with E-state index in [1.165, 1.54) is 17.7 Å². The summed E-state index contributed by atoms with van der Waals surface area (Å²) in [5, 5.41) is 8.42. The van der Waals surface area contributed by atoms with Crippen LogP contribution in [0.4, 0.5) is 0 Å². The number of carbonyl (C=O) groups is 1. The summed E-state index contributed by atoms with van der Waals surface area (Å²) in [4.78, 5) is 15.0. The Balaban J connectivity index is 1.74. The van der Waals surface area contributed by atoms with E-state index in [0.717, 1.165) is 68.6 Å². The molecule has 0 saturated carbocycles. The van der Waals surface area contributed by atoms with Gasteiger partial charge in [0.25, 0.3) is 5.91 Å². The molecule has 1 N–H and O–H groups in total. The van der Waals surface area contributed by atoms with E-state index in [4.69, 9.17) is 5.10 Å². The van der Waals surface area contributed by atoms with E-state index < -0.39 is 0 Å². The SMILES string of the molecule is CCn1nc(C(=O)N2CCSCC2)c2c1CCC(NCCC(C)C)C2. The van der Waals surface area contributed by atoms with Crippen LogP contribution >= 0.6 is 11.8 Å². The summed E-state index contributed by atoms with van der Waals surface area (Å²) >= 11 is 1.93.